The highest BCUT2D eigenvalue weighted by atomic mass is 32.2. The van der Waals surface area contributed by atoms with Crippen LogP contribution in [0.2, 0.25) is 0 Å². The summed E-state index contributed by atoms with van der Waals surface area (Å²) in [6, 6.07) is 9.06. The van der Waals surface area contributed by atoms with Crippen LogP contribution < -0.4 is 19.5 Å². The van der Waals surface area contributed by atoms with Gasteiger partial charge in [0.15, 0.2) is 11.4 Å². The van der Waals surface area contributed by atoms with Gasteiger partial charge in [0.25, 0.3) is 6.43 Å². The Balaban J connectivity index is 1.45. The third-order valence-corrected chi connectivity index (χ3v) is 7.58. The molecule has 2 aromatic heterocycles. The molecule has 2 aromatic carbocycles. The van der Waals surface area contributed by atoms with E-state index in [2.05, 4.69) is 20.1 Å². The third-order valence-electron chi connectivity index (χ3n) is 6.07. The van der Waals surface area contributed by atoms with Crippen molar-refractivity contribution in [3.63, 3.8) is 0 Å². The van der Waals surface area contributed by atoms with Gasteiger partial charge in [0.1, 0.15) is 11.4 Å². The average Bonchev–Trinajstić information content (AvgIpc) is 3.64. The smallest absolute Gasteiger partial charge is 0.419 e. The van der Waals surface area contributed by atoms with E-state index in [0.29, 0.717) is 0 Å². The minimum absolute atomic E-state index is 0.0327. The number of alkyl halides is 5. The Morgan fingerprint density at radius 3 is 2.55 bits per heavy atom. The standard InChI is InChI=1S/C26H22F5N5O5S/c1-2-40-21-10-14(6-9-18(21)26(29,30)31)19-12-20(23(27)28)36-24(34-19)22(13-32-36)41-25(37)33-16-4-3-5-17(11-16)42(38,39)35-15-7-8-15/h3-6,9-13,15,23,35H,2,7-8H2,1H3,(H,33,37). The van der Waals surface area contributed by atoms with Crippen LogP contribution in [-0.2, 0) is 16.2 Å². The van der Waals surface area contributed by atoms with Gasteiger partial charge in [-0.1, -0.05) is 12.1 Å². The van der Waals surface area contributed by atoms with Crippen molar-refractivity contribution in [1.29, 1.82) is 0 Å². The number of benzene rings is 2. The minimum Gasteiger partial charge on any atom is -0.493 e. The molecule has 42 heavy (non-hydrogen) atoms. The molecule has 2 heterocycles. The highest BCUT2D eigenvalue weighted by Crippen LogP contribution is 2.39. The lowest BCUT2D eigenvalue weighted by Crippen LogP contribution is -2.26. The molecule has 0 atom stereocenters. The zero-order valence-electron chi connectivity index (χ0n) is 21.7. The fourth-order valence-electron chi connectivity index (χ4n) is 4.00. The molecule has 1 saturated carbocycles. The fraction of sp³-hybridized carbons (Fsp3) is 0.269. The number of aromatic nitrogens is 3. The predicted octanol–water partition coefficient (Wildman–Crippen LogP) is 5.80. The topological polar surface area (TPSA) is 124 Å². The Morgan fingerprint density at radius 2 is 1.88 bits per heavy atom. The summed E-state index contributed by atoms with van der Waals surface area (Å²) in [7, 11) is -3.80. The summed E-state index contributed by atoms with van der Waals surface area (Å²) in [6.45, 7) is 1.41. The van der Waals surface area contributed by atoms with Gasteiger partial charge in [0.05, 0.1) is 29.0 Å². The number of ether oxygens (including phenoxy) is 2. The van der Waals surface area contributed by atoms with Crippen molar-refractivity contribution >= 4 is 27.5 Å². The second-order valence-corrected chi connectivity index (χ2v) is 10.9. The molecule has 16 heteroatoms. The molecule has 10 nitrogen and oxygen atoms in total. The van der Waals surface area contributed by atoms with Gasteiger partial charge < -0.3 is 9.47 Å². The Hall–Kier alpha value is -4.31. The molecule has 0 saturated heterocycles. The van der Waals surface area contributed by atoms with Crippen molar-refractivity contribution in [2.75, 3.05) is 11.9 Å². The van der Waals surface area contributed by atoms with Crippen LogP contribution in [0.3, 0.4) is 0 Å². The fourth-order valence-corrected chi connectivity index (χ4v) is 5.36. The van der Waals surface area contributed by atoms with Gasteiger partial charge in [-0.2, -0.15) is 18.3 Å². The van der Waals surface area contributed by atoms with Crippen LogP contribution in [-0.4, -0.2) is 41.8 Å². The molecule has 4 aromatic rings. The van der Waals surface area contributed by atoms with E-state index in [0.717, 1.165) is 47.8 Å². The summed E-state index contributed by atoms with van der Waals surface area (Å²) >= 11 is 0. The van der Waals surface area contributed by atoms with E-state index < -0.39 is 45.7 Å². The van der Waals surface area contributed by atoms with Crippen LogP contribution in [0.5, 0.6) is 11.5 Å². The molecule has 5 rings (SSSR count). The first-order valence-corrected chi connectivity index (χ1v) is 14.0. The number of carbonyl (C=O) groups is 1. The van der Waals surface area contributed by atoms with Gasteiger partial charge in [-0.25, -0.2) is 36.2 Å². The Kier molecular flexibility index (Phi) is 7.76. The van der Waals surface area contributed by atoms with E-state index in [4.69, 9.17) is 9.47 Å². The van der Waals surface area contributed by atoms with Gasteiger partial charge in [0.2, 0.25) is 10.0 Å². The SMILES string of the molecule is CCOc1cc(-c2cc(C(F)F)n3ncc(OC(=O)Nc4cccc(S(=O)(=O)NC5CC5)c4)c3n2)ccc1C(F)(F)F. The third kappa shape index (κ3) is 6.28. The summed E-state index contributed by atoms with van der Waals surface area (Å²) in [5.41, 5.74) is -2.08. The summed E-state index contributed by atoms with van der Waals surface area (Å²) in [5, 5.41) is 6.18. The van der Waals surface area contributed by atoms with Crippen molar-refractivity contribution in [1.82, 2.24) is 19.3 Å². The largest absolute Gasteiger partial charge is 0.493 e. The first kappa shape index (κ1) is 29.2. The van der Waals surface area contributed by atoms with Gasteiger partial charge >= 0.3 is 12.3 Å². The van der Waals surface area contributed by atoms with Gasteiger partial charge in [-0.05, 0) is 56.2 Å². The Labute approximate surface area is 235 Å². The van der Waals surface area contributed by atoms with E-state index in [1.54, 1.807) is 0 Å². The van der Waals surface area contributed by atoms with E-state index >= 15 is 0 Å². The highest BCUT2D eigenvalue weighted by molar-refractivity contribution is 7.89. The zero-order chi connectivity index (χ0) is 30.2. The average molecular weight is 612 g/mol. The van der Waals surface area contributed by atoms with E-state index in [1.807, 2.05) is 0 Å². The predicted molar refractivity (Wildman–Crippen MR) is 139 cm³/mol. The molecule has 1 aliphatic rings. The van der Waals surface area contributed by atoms with Crippen molar-refractivity contribution in [2.45, 2.75) is 43.3 Å². The van der Waals surface area contributed by atoms with Crippen molar-refractivity contribution < 1.29 is 44.6 Å². The molecule has 0 bridgehead atoms. The van der Waals surface area contributed by atoms with Crippen molar-refractivity contribution in [3.05, 3.63) is 66.0 Å². The number of fused-ring (bicyclic) bond motifs is 1. The van der Waals surface area contributed by atoms with Gasteiger partial charge in [0, 0.05) is 17.3 Å². The van der Waals surface area contributed by atoms with Gasteiger partial charge in [-0.15, -0.1) is 0 Å². The normalized spacial score (nSPS) is 13.9. The van der Waals surface area contributed by atoms with Crippen LogP contribution in [0.4, 0.5) is 32.4 Å². The number of hydrogen-bond acceptors (Lipinski definition) is 7. The zero-order valence-corrected chi connectivity index (χ0v) is 22.5. The summed E-state index contributed by atoms with van der Waals surface area (Å²) in [5.74, 6) is -0.851. The number of nitrogens with one attached hydrogen (secondary N) is 2. The monoisotopic (exact) mass is 611 g/mol. The van der Waals surface area contributed by atoms with Crippen LogP contribution in [0.15, 0.2) is 59.6 Å². The Morgan fingerprint density at radius 1 is 1.12 bits per heavy atom. The number of carbonyl (C=O) groups excluding carboxylic acids is 1. The quantitative estimate of drug-likeness (QED) is 0.229. The summed E-state index contributed by atoms with van der Waals surface area (Å²) < 4.78 is 107. The molecule has 1 aliphatic carbocycles. The maximum Gasteiger partial charge on any atom is 0.419 e. The van der Waals surface area contributed by atoms with Gasteiger partial charge in [-0.3, -0.25) is 5.32 Å². The number of rotatable bonds is 9. The number of amides is 1. The van der Waals surface area contributed by atoms with Crippen molar-refractivity contribution in [3.8, 4) is 22.8 Å². The van der Waals surface area contributed by atoms with E-state index in [-0.39, 0.29) is 45.9 Å². The number of sulfonamides is 1. The molecular formula is C26H22F5N5O5S. The summed E-state index contributed by atoms with van der Waals surface area (Å²) in [6.07, 6.45) is -6.46. The lowest BCUT2D eigenvalue weighted by Gasteiger charge is -2.15. The molecule has 1 amide bonds. The second-order valence-electron chi connectivity index (χ2n) is 9.19. The maximum absolute atomic E-state index is 14.0. The van der Waals surface area contributed by atoms with Crippen LogP contribution in [0.25, 0.3) is 16.9 Å². The first-order chi connectivity index (χ1) is 19.9. The number of nitrogens with zero attached hydrogens (tertiary/aromatic N) is 3. The molecule has 0 spiro atoms. The highest BCUT2D eigenvalue weighted by Gasteiger charge is 2.35. The minimum atomic E-state index is -4.72. The maximum atomic E-state index is 14.0. The second kappa shape index (κ2) is 11.2. The lowest BCUT2D eigenvalue weighted by atomic mass is 10.1. The molecular weight excluding hydrogens is 589 g/mol. The number of hydrogen-bond donors (Lipinski definition) is 2. The first-order valence-electron chi connectivity index (χ1n) is 12.5. The molecule has 0 radical (unpaired) electrons. The molecule has 1 fully saturated rings. The van der Waals surface area contributed by atoms with E-state index in [1.165, 1.54) is 31.2 Å². The number of anilines is 1. The molecule has 0 aliphatic heterocycles. The van der Waals surface area contributed by atoms with E-state index in [9.17, 15) is 35.2 Å². The summed E-state index contributed by atoms with van der Waals surface area (Å²) in [4.78, 5) is 16.8. The lowest BCUT2D eigenvalue weighted by molar-refractivity contribution is -0.138. The number of halogens is 5. The van der Waals surface area contributed by atoms with Crippen molar-refractivity contribution in [2.24, 2.45) is 0 Å². The van der Waals surface area contributed by atoms with Crippen LogP contribution in [0, 0.1) is 0 Å². The molecule has 0 unspecified atom stereocenters. The Bertz CT molecular complexity index is 1760. The molecule has 222 valence electrons. The molecule has 2 N–H and O–H groups in total. The van der Waals surface area contributed by atoms with Crippen LogP contribution >= 0.6 is 0 Å². The van der Waals surface area contributed by atoms with Crippen LogP contribution in [0.1, 0.15) is 37.4 Å².